The van der Waals surface area contributed by atoms with E-state index in [9.17, 15) is 0 Å². The number of hydrogen-bond acceptors (Lipinski definition) is 2. The van der Waals surface area contributed by atoms with Gasteiger partial charge in [0.05, 0.1) is 0 Å². The summed E-state index contributed by atoms with van der Waals surface area (Å²) in [5.41, 5.74) is 1.62. The molecule has 2 heteroatoms. The molecule has 0 radical (unpaired) electrons. The van der Waals surface area contributed by atoms with Crippen LogP contribution in [0.4, 0.5) is 0 Å². The molecule has 1 saturated carbocycles. The maximum absolute atomic E-state index is 4.01. The fourth-order valence-corrected chi connectivity index (χ4v) is 5.25. The third-order valence-electron chi connectivity index (χ3n) is 5.08. The van der Waals surface area contributed by atoms with E-state index < -0.39 is 0 Å². The van der Waals surface area contributed by atoms with Crippen molar-refractivity contribution in [1.82, 2.24) is 5.32 Å². The Bertz CT molecular complexity index is 423. The molecule has 1 nitrogen and oxygen atoms in total. The fourth-order valence-electron chi connectivity index (χ4n) is 4.27. The first-order chi connectivity index (χ1) is 9.72. The number of hydrogen-bond donors (Lipinski definition) is 1. The van der Waals surface area contributed by atoms with Crippen LogP contribution in [0.3, 0.4) is 0 Å². The van der Waals surface area contributed by atoms with Gasteiger partial charge in [0.1, 0.15) is 0 Å². The Balaban J connectivity index is 1.58. The second-order valence-corrected chi connectivity index (χ2v) is 8.27. The van der Waals surface area contributed by atoms with E-state index in [0.29, 0.717) is 6.04 Å². The number of nitrogens with one attached hydrogen (secondary N) is 1. The quantitative estimate of drug-likeness (QED) is 0.791. The van der Waals surface area contributed by atoms with E-state index in [1.807, 2.05) is 11.3 Å². The van der Waals surface area contributed by atoms with Crippen molar-refractivity contribution in [3.8, 4) is 0 Å². The molecule has 1 aromatic heterocycles. The second-order valence-electron chi connectivity index (χ2n) is 7.27. The average molecular weight is 292 g/mol. The molecule has 0 saturated heterocycles. The summed E-state index contributed by atoms with van der Waals surface area (Å²) in [6.07, 6.45) is 11.1. The number of fused-ring (bicyclic) bond motifs is 1. The Kier molecular flexibility index (Phi) is 4.83. The summed E-state index contributed by atoms with van der Waals surface area (Å²) in [5, 5.41) is 6.29. The fraction of sp³-hybridized carbons (Fsp3) is 0.778. The minimum atomic E-state index is 0.646. The van der Waals surface area contributed by atoms with Crippen molar-refractivity contribution < 1.29 is 0 Å². The van der Waals surface area contributed by atoms with E-state index in [-0.39, 0.29) is 0 Å². The van der Waals surface area contributed by atoms with Crippen molar-refractivity contribution in [2.24, 2.45) is 11.8 Å². The summed E-state index contributed by atoms with van der Waals surface area (Å²) in [5.74, 6) is 1.82. The van der Waals surface area contributed by atoms with Gasteiger partial charge in [-0.3, -0.25) is 0 Å². The molecule has 0 amide bonds. The van der Waals surface area contributed by atoms with Crippen molar-refractivity contribution >= 4 is 11.3 Å². The molecule has 1 heterocycles. The predicted octanol–water partition coefficient (Wildman–Crippen LogP) is 5.32. The van der Waals surface area contributed by atoms with Crippen LogP contribution >= 0.6 is 11.3 Å². The number of aryl methyl sites for hydroxylation is 1. The lowest BCUT2D eigenvalue weighted by Gasteiger charge is -2.35. The zero-order chi connectivity index (χ0) is 13.9. The number of thiophene rings is 1. The van der Waals surface area contributed by atoms with Gasteiger partial charge in [-0.1, -0.05) is 26.7 Å². The number of rotatable bonds is 4. The summed E-state index contributed by atoms with van der Waals surface area (Å²) < 4.78 is 0. The Morgan fingerprint density at radius 2 is 2.15 bits per heavy atom. The van der Waals surface area contributed by atoms with Gasteiger partial charge in [0, 0.05) is 17.0 Å². The van der Waals surface area contributed by atoms with Gasteiger partial charge in [-0.05, 0) is 67.4 Å². The Labute approximate surface area is 128 Å². The van der Waals surface area contributed by atoms with Crippen molar-refractivity contribution in [3.63, 3.8) is 0 Å². The normalized spacial score (nSPS) is 30.4. The summed E-state index contributed by atoms with van der Waals surface area (Å²) in [7, 11) is 0. The summed E-state index contributed by atoms with van der Waals surface area (Å²) in [6.45, 7) is 4.74. The topological polar surface area (TPSA) is 12.0 Å². The molecule has 0 aromatic carbocycles. The molecule has 0 bridgehead atoms. The third-order valence-corrected chi connectivity index (χ3v) is 6.07. The highest BCUT2D eigenvalue weighted by molar-refractivity contribution is 7.10. The van der Waals surface area contributed by atoms with E-state index in [1.54, 1.807) is 10.4 Å². The molecule has 112 valence electrons. The largest absolute Gasteiger partial charge is 0.307 e. The molecule has 1 fully saturated rings. The van der Waals surface area contributed by atoms with Crippen LogP contribution in [-0.4, -0.2) is 6.04 Å². The van der Waals surface area contributed by atoms with E-state index in [2.05, 4.69) is 30.6 Å². The first-order valence-electron chi connectivity index (χ1n) is 8.54. The highest BCUT2D eigenvalue weighted by atomic mass is 32.1. The van der Waals surface area contributed by atoms with Crippen LogP contribution in [0.15, 0.2) is 11.4 Å². The highest BCUT2D eigenvalue weighted by Gasteiger charge is 2.27. The Morgan fingerprint density at radius 3 is 3.00 bits per heavy atom. The minimum Gasteiger partial charge on any atom is -0.307 e. The van der Waals surface area contributed by atoms with Crippen LogP contribution in [0.1, 0.15) is 75.3 Å². The molecular weight excluding hydrogens is 262 g/mol. The summed E-state index contributed by atoms with van der Waals surface area (Å²) in [6, 6.07) is 3.78. The van der Waals surface area contributed by atoms with Gasteiger partial charge in [-0.25, -0.2) is 0 Å². The molecule has 0 spiro atoms. The van der Waals surface area contributed by atoms with Gasteiger partial charge in [0.2, 0.25) is 0 Å². The van der Waals surface area contributed by atoms with Gasteiger partial charge in [0.25, 0.3) is 0 Å². The van der Waals surface area contributed by atoms with Crippen molar-refractivity contribution in [1.29, 1.82) is 0 Å². The third kappa shape index (κ3) is 3.46. The Hall–Kier alpha value is -0.340. The molecule has 3 unspecified atom stereocenters. The maximum atomic E-state index is 4.01. The van der Waals surface area contributed by atoms with Crippen LogP contribution in [0.2, 0.25) is 0 Å². The molecule has 3 atom stereocenters. The van der Waals surface area contributed by atoms with E-state index in [1.165, 1.54) is 51.4 Å². The van der Waals surface area contributed by atoms with Gasteiger partial charge < -0.3 is 5.32 Å². The first kappa shape index (κ1) is 14.6. The van der Waals surface area contributed by atoms with Crippen LogP contribution in [0.5, 0.6) is 0 Å². The van der Waals surface area contributed by atoms with Crippen molar-refractivity contribution in [3.05, 3.63) is 21.9 Å². The zero-order valence-corrected chi connectivity index (χ0v) is 13.8. The van der Waals surface area contributed by atoms with E-state index >= 15 is 0 Å². The molecule has 0 aliphatic heterocycles. The summed E-state index contributed by atoms with van der Waals surface area (Å²) >= 11 is 1.96. The smallest absolute Gasteiger partial charge is 0.0333 e. The van der Waals surface area contributed by atoms with Crippen LogP contribution in [0, 0.1) is 11.8 Å². The molecular formula is C18H29NS. The Morgan fingerprint density at radius 1 is 1.25 bits per heavy atom. The van der Waals surface area contributed by atoms with Gasteiger partial charge in [-0.2, -0.15) is 0 Å². The van der Waals surface area contributed by atoms with Crippen molar-refractivity contribution in [2.45, 2.75) is 77.3 Å². The molecule has 2 aliphatic rings. The standard InChI is InChI=1S/C18H29NS/c1-13(2)11-14-5-3-6-15(12-14)19-17-7-4-8-18-16(17)9-10-20-18/h9-10,13-15,17,19H,3-8,11-12H2,1-2H3. The molecule has 20 heavy (non-hydrogen) atoms. The van der Waals surface area contributed by atoms with Crippen LogP contribution in [0.25, 0.3) is 0 Å². The minimum absolute atomic E-state index is 0.646. The highest BCUT2D eigenvalue weighted by Crippen LogP contribution is 2.36. The maximum Gasteiger partial charge on any atom is 0.0333 e. The molecule has 2 aliphatic carbocycles. The average Bonchev–Trinajstić information content (AvgIpc) is 2.88. The van der Waals surface area contributed by atoms with E-state index in [4.69, 9.17) is 0 Å². The van der Waals surface area contributed by atoms with Gasteiger partial charge in [0.15, 0.2) is 0 Å². The van der Waals surface area contributed by atoms with Crippen LogP contribution < -0.4 is 5.32 Å². The lowest BCUT2D eigenvalue weighted by molar-refractivity contribution is 0.234. The van der Waals surface area contributed by atoms with Crippen molar-refractivity contribution in [2.75, 3.05) is 0 Å². The molecule has 3 rings (SSSR count). The second kappa shape index (κ2) is 6.62. The summed E-state index contributed by atoms with van der Waals surface area (Å²) in [4.78, 5) is 1.64. The first-order valence-corrected chi connectivity index (χ1v) is 9.42. The SMILES string of the molecule is CC(C)CC1CCCC(NC2CCCc3sccc32)C1. The van der Waals surface area contributed by atoms with Gasteiger partial charge in [-0.15, -0.1) is 11.3 Å². The monoisotopic (exact) mass is 291 g/mol. The van der Waals surface area contributed by atoms with Gasteiger partial charge >= 0.3 is 0 Å². The zero-order valence-electron chi connectivity index (χ0n) is 13.0. The van der Waals surface area contributed by atoms with Crippen LogP contribution in [-0.2, 0) is 6.42 Å². The molecule has 1 aromatic rings. The van der Waals surface area contributed by atoms with E-state index in [0.717, 1.165) is 17.9 Å². The molecule has 1 N–H and O–H groups in total. The lowest BCUT2D eigenvalue weighted by atomic mass is 9.80. The lowest BCUT2D eigenvalue weighted by Crippen LogP contribution is -2.38. The predicted molar refractivity (Wildman–Crippen MR) is 88.3 cm³/mol.